The minimum absolute atomic E-state index is 1.04. The lowest BCUT2D eigenvalue weighted by Crippen LogP contribution is -2.41. The predicted molar refractivity (Wildman–Crippen MR) is 243 cm³/mol. The molecule has 0 spiro atoms. The van der Waals surface area contributed by atoms with Crippen molar-refractivity contribution in [2.24, 2.45) is 0 Å². The third-order valence-corrected chi connectivity index (χ3v) is 12.1. The molecule has 3 heteroatoms. The molecule has 0 unspecified atom stereocenters. The first-order valence-electron chi connectivity index (χ1n) is 24.8. The van der Waals surface area contributed by atoms with E-state index in [0.29, 0.717) is 0 Å². The van der Waals surface area contributed by atoms with Crippen LogP contribution < -0.4 is 5.32 Å². The summed E-state index contributed by atoms with van der Waals surface area (Å²) in [5, 5.41) is 4.72. The summed E-state index contributed by atoms with van der Waals surface area (Å²) in [7, 11) is 0. The first-order chi connectivity index (χ1) is 25.8. The topological polar surface area (TPSA) is 15.3 Å². The highest BCUT2D eigenvalue weighted by Gasteiger charge is 2.09. The Balaban J connectivity index is 4.07. The molecule has 0 fully saturated rings. The van der Waals surface area contributed by atoms with Crippen LogP contribution in [0.15, 0.2) is 0 Å². The fraction of sp³-hybridized carbons (Fsp3) is 0.980. The molecule has 0 saturated carbocycles. The number of thiocarbonyl (C=S) groups is 1. The highest BCUT2D eigenvalue weighted by molar-refractivity contribution is 7.80. The number of rotatable bonds is 45. The van der Waals surface area contributed by atoms with E-state index in [2.05, 4.69) is 31.0 Å². The van der Waals surface area contributed by atoms with Gasteiger partial charge in [-0.2, -0.15) is 0 Å². The van der Waals surface area contributed by atoms with Crippen molar-refractivity contribution in [3.05, 3.63) is 0 Å². The van der Waals surface area contributed by atoms with E-state index in [4.69, 9.17) is 12.2 Å². The Kier molecular flexibility index (Phi) is 46.6. The normalized spacial score (nSPS) is 11.4. The van der Waals surface area contributed by atoms with E-state index >= 15 is 0 Å². The van der Waals surface area contributed by atoms with Crippen LogP contribution in [-0.4, -0.2) is 29.6 Å². The van der Waals surface area contributed by atoms with Crippen LogP contribution in [0.4, 0.5) is 0 Å². The Labute approximate surface area is 336 Å². The monoisotopic (exact) mass is 749 g/mol. The van der Waals surface area contributed by atoms with Gasteiger partial charge in [0.2, 0.25) is 0 Å². The van der Waals surface area contributed by atoms with Gasteiger partial charge in [0.1, 0.15) is 0 Å². The minimum Gasteiger partial charge on any atom is -0.363 e. The van der Waals surface area contributed by atoms with Gasteiger partial charge in [-0.1, -0.05) is 271 Å². The lowest BCUT2D eigenvalue weighted by Gasteiger charge is -2.26. The fourth-order valence-corrected chi connectivity index (χ4v) is 8.22. The SMILES string of the molecule is CCCCCCCCCCCCCCCCNC(=S)N(CCCCCCCCCCCCCCCC)CCCCCCCCCCCCCCCC. The Bertz CT molecular complexity index is 619. The van der Waals surface area contributed by atoms with Crippen molar-refractivity contribution in [1.29, 1.82) is 0 Å². The van der Waals surface area contributed by atoms with Crippen LogP contribution in [0.5, 0.6) is 0 Å². The highest BCUT2D eigenvalue weighted by Crippen LogP contribution is 2.16. The number of hydrogen-bond acceptors (Lipinski definition) is 1. The van der Waals surface area contributed by atoms with Gasteiger partial charge in [-0.25, -0.2) is 0 Å². The van der Waals surface area contributed by atoms with Crippen LogP contribution in [0.2, 0.25) is 0 Å². The molecule has 312 valence electrons. The standard InChI is InChI=1S/C49H100N2S/c1-4-7-10-13-16-19-22-25-28-31-34-37-40-43-46-50-49(52)51(47-44-41-38-35-32-29-26-23-20-17-14-11-8-5-2)48-45-42-39-36-33-30-27-24-21-18-15-12-9-6-3/h4-48H2,1-3H3,(H,50,52). The van der Waals surface area contributed by atoms with E-state index in [1.807, 2.05) is 0 Å². The molecule has 0 bridgehead atoms. The summed E-state index contributed by atoms with van der Waals surface area (Å²) in [6.07, 6.45) is 59.8. The molecule has 1 N–H and O–H groups in total. The summed E-state index contributed by atoms with van der Waals surface area (Å²) in [6, 6.07) is 0. The van der Waals surface area contributed by atoms with Crippen LogP contribution in [0.3, 0.4) is 0 Å². The largest absolute Gasteiger partial charge is 0.363 e. The molecule has 0 aromatic rings. The first-order valence-corrected chi connectivity index (χ1v) is 25.2. The third-order valence-electron chi connectivity index (χ3n) is 11.7. The first kappa shape index (κ1) is 51.7. The maximum atomic E-state index is 5.99. The quantitative estimate of drug-likeness (QED) is 0.0493. The van der Waals surface area contributed by atoms with Crippen LogP contribution in [0, 0.1) is 0 Å². The van der Waals surface area contributed by atoms with Crippen molar-refractivity contribution in [1.82, 2.24) is 10.2 Å². The van der Waals surface area contributed by atoms with Crippen LogP contribution in [-0.2, 0) is 0 Å². The molecule has 0 amide bonds. The van der Waals surface area contributed by atoms with E-state index in [9.17, 15) is 0 Å². The molecule has 0 aromatic carbocycles. The minimum atomic E-state index is 1.04. The Morgan fingerprint density at radius 3 is 0.712 bits per heavy atom. The van der Waals surface area contributed by atoms with Crippen molar-refractivity contribution < 1.29 is 0 Å². The van der Waals surface area contributed by atoms with Crippen LogP contribution in [0.25, 0.3) is 0 Å². The number of hydrogen-bond donors (Lipinski definition) is 1. The van der Waals surface area contributed by atoms with Gasteiger partial charge in [0, 0.05) is 19.6 Å². The molecule has 52 heavy (non-hydrogen) atoms. The molecule has 0 aromatic heterocycles. The van der Waals surface area contributed by atoms with Crippen molar-refractivity contribution >= 4 is 17.3 Å². The predicted octanol–water partition coefficient (Wildman–Crippen LogP) is 17.6. The molecular formula is C49H100N2S. The Morgan fingerprint density at radius 2 is 0.481 bits per heavy atom. The van der Waals surface area contributed by atoms with Gasteiger partial charge in [-0.15, -0.1) is 0 Å². The van der Waals surface area contributed by atoms with Crippen molar-refractivity contribution in [3.63, 3.8) is 0 Å². The second-order valence-electron chi connectivity index (χ2n) is 17.0. The van der Waals surface area contributed by atoms with Crippen LogP contribution >= 0.6 is 12.2 Å². The molecule has 0 aliphatic heterocycles. The van der Waals surface area contributed by atoms with Crippen molar-refractivity contribution in [3.8, 4) is 0 Å². The van der Waals surface area contributed by atoms with Gasteiger partial charge >= 0.3 is 0 Å². The van der Waals surface area contributed by atoms with Crippen LogP contribution in [0.1, 0.15) is 290 Å². The second kappa shape index (κ2) is 46.8. The summed E-state index contributed by atoms with van der Waals surface area (Å²) >= 11 is 5.99. The Morgan fingerprint density at radius 1 is 0.288 bits per heavy atom. The molecule has 2 nitrogen and oxygen atoms in total. The average Bonchev–Trinajstić information content (AvgIpc) is 3.15. The van der Waals surface area contributed by atoms with Gasteiger partial charge in [0.05, 0.1) is 0 Å². The molecule has 0 aliphatic rings. The van der Waals surface area contributed by atoms with Gasteiger partial charge < -0.3 is 10.2 Å². The van der Waals surface area contributed by atoms with E-state index in [1.165, 1.54) is 270 Å². The Hall–Kier alpha value is -0.310. The molecule has 0 heterocycles. The van der Waals surface area contributed by atoms with E-state index < -0.39 is 0 Å². The van der Waals surface area contributed by atoms with E-state index in [-0.39, 0.29) is 0 Å². The summed E-state index contributed by atoms with van der Waals surface area (Å²) in [6.45, 7) is 10.3. The molecule has 0 aliphatic carbocycles. The second-order valence-corrected chi connectivity index (χ2v) is 17.4. The zero-order valence-electron chi connectivity index (χ0n) is 36.7. The zero-order valence-corrected chi connectivity index (χ0v) is 37.5. The molecule has 0 rings (SSSR count). The average molecular weight is 749 g/mol. The summed E-state index contributed by atoms with van der Waals surface area (Å²) < 4.78 is 0. The fourth-order valence-electron chi connectivity index (χ4n) is 7.94. The van der Waals surface area contributed by atoms with Gasteiger partial charge in [-0.05, 0) is 31.5 Å². The van der Waals surface area contributed by atoms with Gasteiger partial charge in [-0.3, -0.25) is 0 Å². The van der Waals surface area contributed by atoms with Crippen molar-refractivity contribution in [2.45, 2.75) is 290 Å². The number of nitrogens with zero attached hydrogens (tertiary/aromatic N) is 1. The number of nitrogens with one attached hydrogen (secondary N) is 1. The lowest BCUT2D eigenvalue weighted by atomic mass is 10.0. The summed E-state index contributed by atoms with van der Waals surface area (Å²) in [5.41, 5.74) is 0. The molecule has 0 radical (unpaired) electrons. The smallest absolute Gasteiger partial charge is 0.168 e. The van der Waals surface area contributed by atoms with E-state index in [1.54, 1.807) is 0 Å². The molecular weight excluding hydrogens is 649 g/mol. The molecule has 0 atom stereocenters. The maximum Gasteiger partial charge on any atom is 0.168 e. The number of unbranched alkanes of at least 4 members (excludes halogenated alkanes) is 39. The van der Waals surface area contributed by atoms with Gasteiger partial charge in [0.15, 0.2) is 5.11 Å². The molecule has 0 saturated heterocycles. The maximum absolute atomic E-state index is 5.99. The third kappa shape index (κ3) is 42.4. The summed E-state index contributed by atoms with van der Waals surface area (Å²) in [4.78, 5) is 2.54. The highest BCUT2D eigenvalue weighted by atomic mass is 32.1. The van der Waals surface area contributed by atoms with E-state index in [0.717, 1.165) is 24.7 Å². The summed E-state index contributed by atoms with van der Waals surface area (Å²) in [5.74, 6) is 0. The van der Waals surface area contributed by atoms with Crippen molar-refractivity contribution in [2.75, 3.05) is 19.6 Å². The zero-order chi connectivity index (χ0) is 37.7. The van der Waals surface area contributed by atoms with Gasteiger partial charge in [0.25, 0.3) is 0 Å². The lowest BCUT2D eigenvalue weighted by molar-refractivity contribution is 0.377.